The van der Waals surface area contributed by atoms with E-state index in [2.05, 4.69) is 15.2 Å². The van der Waals surface area contributed by atoms with Crippen LogP contribution in [0, 0.1) is 0 Å². The van der Waals surface area contributed by atoms with Gasteiger partial charge in [-0.25, -0.2) is 9.48 Å². The standard InChI is InChI=1S/C18H19N3O4/c1-25-18(24)14-7-3-2-6-13(14)17(23)19-9-10-21-16(22)11-12-5-4-8-15(12)20-21/h2-3,6-7,11H,4-5,8-10H2,1H3,(H,19,23). The molecular weight excluding hydrogens is 322 g/mol. The summed E-state index contributed by atoms with van der Waals surface area (Å²) in [6.07, 6.45) is 2.81. The summed E-state index contributed by atoms with van der Waals surface area (Å²) in [5.41, 5.74) is 2.27. The zero-order valence-electron chi connectivity index (χ0n) is 13.9. The number of nitrogens with zero attached hydrogens (tertiary/aromatic N) is 2. The molecule has 3 rings (SSSR count). The summed E-state index contributed by atoms with van der Waals surface area (Å²) in [6, 6.07) is 8.06. The summed E-state index contributed by atoms with van der Waals surface area (Å²) >= 11 is 0. The number of ether oxygens (including phenoxy) is 1. The van der Waals surface area contributed by atoms with Crippen LogP contribution in [0.4, 0.5) is 0 Å². The lowest BCUT2D eigenvalue weighted by atomic mass is 10.1. The molecule has 0 spiro atoms. The minimum atomic E-state index is -0.567. The molecule has 0 saturated heterocycles. The van der Waals surface area contributed by atoms with Crippen LogP contribution in [0.5, 0.6) is 0 Å². The zero-order valence-corrected chi connectivity index (χ0v) is 13.9. The van der Waals surface area contributed by atoms with E-state index in [-0.39, 0.29) is 29.8 Å². The largest absolute Gasteiger partial charge is 0.465 e. The monoisotopic (exact) mass is 341 g/mol. The molecule has 1 N–H and O–H groups in total. The molecule has 1 aliphatic carbocycles. The minimum Gasteiger partial charge on any atom is -0.465 e. The fourth-order valence-corrected chi connectivity index (χ4v) is 2.94. The van der Waals surface area contributed by atoms with Crippen LogP contribution in [0.1, 0.15) is 38.4 Å². The maximum Gasteiger partial charge on any atom is 0.338 e. The van der Waals surface area contributed by atoms with Gasteiger partial charge in [-0.1, -0.05) is 12.1 Å². The molecule has 0 saturated carbocycles. The molecule has 7 nitrogen and oxygen atoms in total. The Morgan fingerprint density at radius 2 is 2.00 bits per heavy atom. The second kappa shape index (κ2) is 7.29. The van der Waals surface area contributed by atoms with Crippen LogP contribution in [-0.2, 0) is 24.1 Å². The van der Waals surface area contributed by atoms with E-state index in [1.807, 2.05) is 0 Å². The Morgan fingerprint density at radius 1 is 1.24 bits per heavy atom. The Morgan fingerprint density at radius 3 is 2.76 bits per heavy atom. The van der Waals surface area contributed by atoms with Crippen molar-refractivity contribution in [3.8, 4) is 0 Å². The van der Waals surface area contributed by atoms with Crippen LogP contribution in [0.25, 0.3) is 0 Å². The highest BCUT2D eigenvalue weighted by molar-refractivity contribution is 6.05. The molecular formula is C18H19N3O4. The Hall–Kier alpha value is -2.96. The molecule has 1 aromatic carbocycles. The number of hydrogen-bond donors (Lipinski definition) is 1. The molecule has 0 radical (unpaired) electrons. The fourth-order valence-electron chi connectivity index (χ4n) is 2.94. The summed E-state index contributed by atoms with van der Waals surface area (Å²) in [5, 5.41) is 7.08. The van der Waals surface area contributed by atoms with Crippen LogP contribution in [0.3, 0.4) is 0 Å². The highest BCUT2D eigenvalue weighted by Crippen LogP contribution is 2.16. The molecule has 1 heterocycles. The molecule has 0 aliphatic heterocycles. The van der Waals surface area contributed by atoms with Gasteiger partial charge in [-0.2, -0.15) is 5.10 Å². The van der Waals surface area contributed by atoms with Gasteiger partial charge in [0.15, 0.2) is 0 Å². The number of benzene rings is 1. The maximum absolute atomic E-state index is 12.3. The summed E-state index contributed by atoms with van der Waals surface area (Å²) in [6.45, 7) is 0.512. The summed E-state index contributed by atoms with van der Waals surface area (Å²) < 4.78 is 6.06. The number of fused-ring (bicyclic) bond motifs is 1. The van der Waals surface area contributed by atoms with E-state index in [4.69, 9.17) is 0 Å². The van der Waals surface area contributed by atoms with Gasteiger partial charge < -0.3 is 10.1 Å². The number of carbonyl (C=O) groups excluding carboxylic acids is 2. The van der Waals surface area contributed by atoms with Gasteiger partial charge in [0.2, 0.25) is 0 Å². The van der Waals surface area contributed by atoms with Crippen LogP contribution in [0.2, 0.25) is 0 Å². The van der Waals surface area contributed by atoms with E-state index in [1.165, 1.54) is 17.9 Å². The quantitative estimate of drug-likeness (QED) is 0.818. The number of aryl methyl sites for hydroxylation is 2. The highest BCUT2D eigenvalue weighted by atomic mass is 16.5. The second-order valence-electron chi connectivity index (χ2n) is 5.82. The van der Waals surface area contributed by atoms with Gasteiger partial charge >= 0.3 is 5.97 Å². The highest BCUT2D eigenvalue weighted by Gasteiger charge is 2.17. The van der Waals surface area contributed by atoms with Crippen LogP contribution < -0.4 is 10.9 Å². The van der Waals surface area contributed by atoms with Crippen molar-refractivity contribution in [2.75, 3.05) is 13.7 Å². The number of rotatable bonds is 5. The first-order valence-electron chi connectivity index (χ1n) is 8.15. The lowest BCUT2D eigenvalue weighted by molar-refractivity contribution is 0.0596. The number of esters is 1. The molecule has 7 heteroatoms. The van der Waals surface area contributed by atoms with Crippen molar-refractivity contribution in [1.82, 2.24) is 15.1 Å². The average molecular weight is 341 g/mol. The average Bonchev–Trinajstić information content (AvgIpc) is 3.08. The molecule has 1 aliphatic rings. The van der Waals surface area contributed by atoms with Gasteiger partial charge in [0.1, 0.15) is 0 Å². The van der Waals surface area contributed by atoms with Crippen molar-refractivity contribution in [1.29, 1.82) is 0 Å². The first-order chi connectivity index (χ1) is 12.1. The Balaban J connectivity index is 1.66. The van der Waals surface area contributed by atoms with Gasteiger partial charge in [-0.05, 0) is 37.0 Å². The van der Waals surface area contributed by atoms with Gasteiger partial charge in [-0.3, -0.25) is 9.59 Å². The Labute approximate surface area is 144 Å². The van der Waals surface area contributed by atoms with Gasteiger partial charge in [0.25, 0.3) is 11.5 Å². The SMILES string of the molecule is COC(=O)c1ccccc1C(=O)NCCn1nc2c(cc1=O)CCC2. The number of nitrogens with one attached hydrogen (secondary N) is 1. The molecule has 0 unspecified atom stereocenters. The minimum absolute atomic E-state index is 0.162. The van der Waals surface area contributed by atoms with Crippen molar-refractivity contribution in [2.45, 2.75) is 25.8 Å². The van der Waals surface area contributed by atoms with Crippen molar-refractivity contribution in [3.05, 3.63) is 63.1 Å². The van der Waals surface area contributed by atoms with Crippen LogP contribution >= 0.6 is 0 Å². The molecule has 0 atom stereocenters. The third-order valence-electron chi connectivity index (χ3n) is 4.21. The van der Waals surface area contributed by atoms with Gasteiger partial charge in [0.05, 0.1) is 30.5 Å². The number of amides is 1. The topological polar surface area (TPSA) is 90.3 Å². The van der Waals surface area contributed by atoms with E-state index in [1.54, 1.807) is 24.3 Å². The lowest BCUT2D eigenvalue weighted by Crippen LogP contribution is -2.33. The van der Waals surface area contributed by atoms with Crippen molar-refractivity contribution < 1.29 is 14.3 Å². The summed E-state index contributed by atoms with van der Waals surface area (Å²) in [5.74, 6) is -0.961. The third kappa shape index (κ3) is 3.60. The molecule has 130 valence electrons. The van der Waals surface area contributed by atoms with E-state index in [0.717, 1.165) is 30.5 Å². The zero-order chi connectivity index (χ0) is 17.8. The first kappa shape index (κ1) is 16.9. The predicted molar refractivity (Wildman–Crippen MR) is 90.6 cm³/mol. The smallest absolute Gasteiger partial charge is 0.338 e. The molecule has 1 amide bonds. The number of methoxy groups -OCH3 is 1. The van der Waals surface area contributed by atoms with Crippen LogP contribution in [-0.4, -0.2) is 35.3 Å². The van der Waals surface area contributed by atoms with Gasteiger partial charge in [0, 0.05) is 12.6 Å². The fraction of sp³-hybridized carbons (Fsp3) is 0.333. The predicted octanol–water partition coefficient (Wildman–Crippen LogP) is 0.949. The molecule has 0 bridgehead atoms. The number of carbonyl (C=O) groups is 2. The molecule has 25 heavy (non-hydrogen) atoms. The van der Waals surface area contributed by atoms with Crippen molar-refractivity contribution >= 4 is 11.9 Å². The Kier molecular flexibility index (Phi) is 4.92. The van der Waals surface area contributed by atoms with Crippen molar-refractivity contribution in [2.24, 2.45) is 0 Å². The maximum atomic E-state index is 12.3. The molecule has 1 aromatic heterocycles. The van der Waals surface area contributed by atoms with E-state index in [0.29, 0.717) is 0 Å². The first-order valence-corrected chi connectivity index (χ1v) is 8.15. The van der Waals surface area contributed by atoms with Crippen molar-refractivity contribution in [3.63, 3.8) is 0 Å². The summed E-state index contributed by atoms with van der Waals surface area (Å²) in [7, 11) is 1.27. The lowest BCUT2D eigenvalue weighted by Gasteiger charge is -2.10. The number of hydrogen-bond acceptors (Lipinski definition) is 5. The Bertz CT molecular complexity index is 873. The van der Waals surface area contributed by atoms with Gasteiger partial charge in [-0.15, -0.1) is 0 Å². The van der Waals surface area contributed by atoms with Crippen LogP contribution in [0.15, 0.2) is 35.1 Å². The second-order valence-corrected chi connectivity index (χ2v) is 5.82. The van der Waals surface area contributed by atoms with E-state index >= 15 is 0 Å². The molecule has 2 aromatic rings. The normalized spacial score (nSPS) is 12.5. The third-order valence-corrected chi connectivity index (χ3v) is 4.21. The van der Waals surface area contributed by atoms with E-state index < -0.39 is 11.9 Å². The number of aromatic nitrogens is 2. The van der Waals surface area contributed by atoms with E-state index in [9.17, 15) is 14.4 Å². The summed E-state index contributed by atoms with van der Waals surface area (Å²) in [4.78, 5) is 36.1. The molecule has 0 fully saturated rings.